The molecule has 0 saturated carbocycles. The quantitative estimate of drug-likeness (QED) is 0.503. The SMILES string of the molecule is Br[C@@]1(c2ccccc2)C=CCC1. The lowest BCUT2D eigenvalue weighted by Crippen LogP contribution is -2.10. The third-order valence-electron chi connectivity index (χ3n) is 2.31. The second kappa shape index (κ2) is 3.06. The summed E-state index contributed by atoms with van der Waals surface area (Å²) in [5.74, 6) is 0. The molecule has 1 aromatic carbocycles. The molecule has 0 heterocycles. The van der Waals surface area contributed by atoms with Crippen LogP contribution in [-0.4, -0.2) is 0 Å². The zero-order valence-corrected chi connectivity index (χ0v) is 8.42. The molecule has 1 atom stereocenters. The van der Waals surface area contributed by atoms with E-state index in [2.05, 4.69) is 58.4 Å². The highest BCUT2D eigenvalue weighted by molar-refractivity contribution is 9.09. The van der Waals surface area contributed by atoms with Gasteiger partial charge in [0.25, 0.3) is 0 Å². The fourth-order valence-electron chi connectivity index (χ4n) is 1.60. The monoisotopic (exact) mass is 222 g/mol. The first-order chi connectivity index (χ1) is 5.81. The lowest BCUT2D eigenvalue weighted by Gasteiger charge is -2.19. The van der Waals surface area contributed by atoms with Crippen LogP contribution in [0.5, 0.6) is 0 Å². The Labute approximate surface area is 81.4 Å². The van der Waals surface area contributed by atoms with E-state index in [1.54, 1.807) is 0 Å². The predicted octanol–water partition coefficient (Wildman–Crippen LogP) is 3.63. The van der Waals surface area contributed by atoms with Crippen molar-refractivity contribution >= 4 is 15.9 Å². The van der Waals surface area contributed by atoms with Gasteiger partial charge in [0, 0.05) is 0 Å². The van der Waals surface area contributed by atoms with Crippen LogP contribution < -0.4 is 0 Å². The Kier molecular flexibility index (Phi) is 2.05. The predicted molar refractivity (Wildman–Crippen MR) is 55.4 cm³/mol. The first kappa shape index (κ1) is 8.06. The molecule has 0 aliphatic heterocycles. The van der Waals surface area contributed by atoms with Gasteiger partial charge in [-0.05, 0) is 18.4 Å². The van der Waals surface area contributed by atoms with Gasteiger partial charge in [0.1, 0.15) is 0 Å². The molecule has 0 N–H and O–H groups in total. The molecule has 0 aromatic heterocycles. The third kappa shape index (κ3) is 1.34. The van der Waals surface area contributed by atoms with E-state index in [-0.39, 0.29) is 4.32 Å². The minimum Gasteiger partial charge on any atom is -0.0867 e. The highest BCUT2D eigenvalue weighted by Gasteiger charge is 2.27. The van der Waals surface area contributed by atoms with Crippen molar-refractivity contribution in [3.8, 4) is 0 Å². The number of hydrogen-bond acceptors (Lipinski definition) is 0. The normalized spacial score (nSPS) is 27.8. The van der Waals surface area contributed by atoms with Crippen LogP contribution in [0.15, 0.2) is 42.5 Å². The summed E-state index contributed by atoms with van der Waals surface area (Å²) >= 11 is 3.77. The second-order valence-electron chi connectivity index (χ2n) is 3.17. The van der Waals surface area contributed by atoms with Gasteiger partial charge in [-0.25, -0.2) is 0 Å². The van der Waals surface area contributed by atoms with Gasteiger partial charge in [0.15, 0.2) is 0 Å². The number of benzene rings is 1. The summed E-state index contributed by atoms with van der Waals surface area (Å²) in [4.78, 5) is 0. The molecule has 12 heavy (non-hydrogen) atoms. The van der Waals surface area contributed by atoms with Crippen molar-refractivity contribution in [2.24, 2.45) is 0 Å². The Bertz CT molecular complexity index is 289. The third-order valence-corrected chi connectivity index (χ3v) is 3.43. The lowest BCUT2D eigenvalue weighted by molar-refractivity contribution is 0.754. The molecule has 0 amide bonds. The molecule has 62 valence electrons. The molecule has 1 aromatic rings. The molecule has 2 rings (SSSR count). The summed E-state index contributed by atoms with van der Waals surface area (Å²) < 4.78 is 0.119. The molecule has 1 heteroatoms. The van der Waals surface area contributed by atoms with Crippen LogP contribution in [0, 0.1) is 0 Å². The maximum atomic E-state index is 3.77. The van der Waals surface area contributed by atoms with Gasteiger partial charge in [-0.15, -0.1) is 0 Å². The average Bonchev–Trinajstić information content (AvgIpc) is 2.55. The molecule has 1 aliphatic carbocycles. The maximum absolute atomic E-state index is 3.77. The highest BCUT2D eigenvalue weighted by atomic mass is 79.9. The van der Waals surface area contributed by atoms with Crippen molar-refractivity contribution in [2.45, 2.75) is 17.2 Å². The number of alkyl halides is 1. The number of rotatable bonds is 1. The Balaban J connectivity index is 2.36. The Hall–Kier alpha value is -0.560. The molecular formula is C11H11Br. The fraction of sp³-hybridized carbons (Fsp3) is 0.273. The molecular weight excluding hydrogens is 212 g/mol. The van der Waals surface area contributed by atoms with E-state index in [1.807, 2.05) is 0 Å². The summed E-state index contributed by atoms with van der Waals surface area (Å²) in [5.41, 5.74) is 1.36. The fourth-order valence-corrected chi connectivity index (χ4v) is 2.28. The summed E-state index contributed by atoms with van der Waals surface area (Å²) in [5, 5.41) is 0. The van der Waals surface area contributed by atoms with E-state index >= 15 is 0 Å². The van der Waals surface area contributed by atoms with Crippen LogP contribution in [-0.2, 0) is 4.32 Å². The van der Waals surface area contributed by atoms with Gasteiger partial charge in [-0.2, -0.15) is 0 Å². The standard InChI is InChI=1S/C11H11Br/c12-11(8-4-5-9-11)10-6-2-1-3-7-10/h1-4,6-8H,5,9H2/t11-/m0/s1. The molecule has 0 fully saturated rings. The molecule has 0 saturated heterocycles. The van der Waals surface area contributed by atoms with Crippen LogP contribution in [0.3, 0.4) is 0 Å². The van der Waals surface area contributed by atoms with Crippen LogP contribution in [0.25, 0.3) is 0 Å². The molecule has 0 bridgehead atoms. The number of allylic oxidation sites excluding steroid dienone is 2. The van der Waals surface area contributed by atoms with Crippen molar-refractivity contribution < 1.29 is 0 Å². The Morgan fingerprint density at radius 1 is 1.17 bits per heavy atom. The topological polar surface area (TPSA) is 0 Å². The van der Waals surface area contributed by atoms with Crippen molar-refractivity contribution in [1.82, 2.24) is 0 Å². The van der Waals surface area contributed by atoms with Crippen molar-refractivity contribution in [3.05, 3.63) is 48.0 Å². The van der Waals surface area contributed by atoms with Gasteiger partial charge in [0.05, 0.1) is 4.32 Å². The minimum atomic E-state index is 0.119. The lowest BCUT2D eigenvalue weighted by atomic mass is 9.99. The van der Waals surface area contributed by atoms with Crippen LogP contribution >= 0.6 is 15.9 Å². The Morgan fingerprint density at radius 3 is 2.50 bits per heavy atom. The molecule has 0 radical (unpaired) electrons. The van der Waals surface area contributed by atoms with Gasteiger partial charge >= 0.3 is 0 Å². The van der Waals surface area contributed by atoms with Crippen LogP contribution in [0.2, 0.25) is 0 Å². The average molecular weight is 223 g/mol. The van der Waals surface area contributed by atoms with Crippen molar-refractivity contribution in [1.29, 1.82) is 0 Å². The summed E-state index contributed by atoms with van der Waals surface area (Å²) in [6.45, 7) is 0. The smallest absolute Gasteiger partial charge is 0.0688 e. The van der Waals surface area contributed by atoms with E-state index < -0.39 is 0 Å². The van der Waals surface area contributed by atoms with E-state index in [0.29, 0.717) is 0 Å². The largest absolute Gasteiger partial charge is 0.0867 e. The van der Waals surface area contributed by atoms with Crippen LogP contribution in [0.1, 0.15) is 18.4 Å². The first-order valence-corrected chi connectivity index (χ1v) is 5.03. The molecule has 0 spiro atoms. The number of halogens is 1. The van der Waals surface area contributed by atoms with Crippen molar-refractivity contribution in [2.75, 3.05) is 0 Å². The van der Waals surface area contributed by atoms with Crippen molar-refractivity contribution in [3.63, 3.8) is 0 Å². The second-order valence-corrected chi connectivity index (χ2v) is 4.58. The van der Waals surface area contributed by atoms with Gasteiger partial charge in [-0.3, -0.25) is 0 Å². The van der Waals surface area contributed by atoms with E-state index in [1.165, 1.54) is 18.4 Å². The summed E-state index contributed by atoms with van der Waals surface area (Å²) in [6, 6.07) is 10.6. The van der Waals surface area contributed by atoms with E-state index in [0.717, 1.165) is 0 Å². The summed E-state index contributed by atoms with van der Waals surface area (Å²) in [7, 11) is 0. The zero-order chi connectivity index (χ0) is 8.44. The number of hydrogen-bond donors (Lipinski definition) is 0. The minimum absolute atomic E-state index is 0.119. The van der Waals surface area contributed by atoms with Gasteiger partial charge < -0.3 is 0 Å². The molecule has 0 unspecified atom stereocenters. The molecule has 1 aliphatic rings. The zero-order valence-electron chi connectivity index (χ0n) is 6.83. The van der Waals surface area contributed by atoms with E-state index in [9.17, 15) is 0 Å². The van der Waals surface area contributed by atoms with E-state index in [4.69, 9.17) is 0 Å². The highest BCUT2D eigenvalue weighted by Crippen LogP contribution is 2.41. The van der Waals surface area contributed by atoms with Crippen LogP contribution in [0.4, 0.5) is 0 Å². The Morgan fingerprint density at radius 2 is 1.92 bits per heavy atom. The summed E-state index contributed by atoms with van der Waals surface area (Å²) in [6.07, 6.45) is 6.85. The molecule has 0 nitrogen and oxygen atoms in total. The van der Waals surface area contributed by atoms with Gasteiger partial charge in [-0.1, -0.05) is 58.4 Å². The first-order valence-electron chi connectivity index (χ1n) is 4.23. The maximum Gasteiger partial charge on any atom is 0.0688 e. The van der Waals surface area contributed by atoms with Gasteiger partial charge in [0.2, 0.25) is 0 Å².